The molecule has 4 aromatic rings. The van der Waals surface area contributed by atoms with Gasteiger partial charge in [0.25, 0.3) is 5.91 Å². The molecule has 11 heteroatoms. The molecule has 0 saturated carbocycles. The van der Waals surface area contributed by atoms with Crippen LogP contribution in [0.2, 0.25) is 0 Å². The minimum absolute atomic E-state index is 0.0286. The van der Waals surface area contributed by atoms with E-state index in [0.29, 0.717) is 5.76 Å². The molecule has 4 heterocycles. The Morgan fingerprint density at radius 2 is 2.00 bits per heavy atom. The number of hydrogen-bond acceptors (Lipinski definition) is 5. The molecule has 0 spiro atoms. The second-order valence-electron chi connectivity index (χ2n) is 8.14. The largest absolute Gasteiger partial charge is 0.467 e. The monoisotopic (exact) mass is 470 g/mol. The maximum atomic E-state index is 13.8. The lowest BCUT2D eigenvalue weighted by Gasteiger charge is -2.33. The van der Waals surface area contributed by atoms with E-state index in [0.717, 1.165) is 15.9 Å². The van der Waals surface area contributed by atoms with Crippen molar-refractivity contribution >= 4 is 11.7 Å². The SMILES string of the molecule is CN(Cc1ccc(-n2cccn2)cc1)C(=O)c1cnn2c1N[C@H](c1ccco1)C[C@H]2C(F)(F)F. The maximum absolute atomic E-state index is 13.8. The Morgan fingerprint density at radius 1 is 1.21 bits per heavy atom. The Morgan fingerprint density at radius 3 is 2.65 bits per heavy atom. The lowest BCUT2D eigenvalue weighted by atomic mass is 10.0. The number of halogens is 3. The smallest absolute Gasteiger partial charge is 0.410 e. The Balaban J connectivity index is 1.38. The number of carbonyl (C=O) groups is 1. The average Bonchev–Trinajstić information content (AvgIpc) is 3.59. The molecule has 34 heavy (non-hydrogen) atoms. The first-order valence-electron chi connectivity index (χ1n) is 10.6. The third kappa shape index (κ3) is 4.04. The zero-order chi connectivity index (χ0) is 23.9. The summed E-state index contributed by atoms with van der Waals surface area (Å²) in [7, 11) is 1.60. The van der Waals surface area contributed by atoms with Gasteiger partial charge in [0.1, 0.15) is 17.1 Å². The second kappa shape index (κ2) is 8.40. The van der Waals surface area contributed by atoms with Crippen LogP contribution in [0.3, 0.4) is 0 Å². The quantitative estimate of drug-likeness (QED) is 0.461. The number of aromatic nitrogens is 4. The fraction of sp³-hybridized carbons (Fsp3) is 0.261. The third-order valence-corrected chi connectivity index (χ3v) is 5.83. The van der Waals surface area contributed by atoms with Crippen LogP contribution in [0.4, 0.5) is 19.0 Å². The molecule has 8 nitrogen and oxygen atoms in total. The van der Waals surface area contributed by atoms with Crippen molar-refractivity contribution in [2.24, 2.45) is 0 Å². The summed E-state index contributed by atoms with van der Waals surface area (Å²) in [4.78, 5) is 14.6. The van der Waals surface area contributed by atoms with Gasteiger partial charge in [-0.2, -0.15) is 23.4 Å². The third-order valence-electron chi connectivity index (χ3n) is 5.83. The van der Waals surface area contributed by atoms with Crippen LogP contribution in [0, 0.1) is 0 Å². The first-order chi connectivity index (χ1) is 16.3. The number of amides is 1. The van der Waals surface area contributed by atoms with Crippen molar-refractivity contribution in [3.8, 4) is 5.69 Å². The lowest BCUT2D eigenvalue weighted by molar-refractivity contribution is -0.174. The summed E-state index contributed by atoms with van der Waals surface area (Å²) in [6.07, 6.45) is 1.27. The molecule has 5 rings (SSSR count). The van der Waals surface area contributed by atoms with E-state index in [1.165, 1.54) is 17.4 Å². The number of nitrogens with one attached hydrogen (secondary N) is 1. The molecule has 3 aromatic heterocycles. The summed E-state index contributed by atoms with van der Waals surface area (Å²) >= 11 is 0. The van der Waals surface area contributed by atoms with Gasteiger partial charge in [0.05, 0.1) is 24.2 Å². The fourth-order valence-electron chi connectivity index (χ4n) is 4.12. The maximum Gasteiger partial charge on any atom is 0.410 e. The molecule has 1 aliphatic rings. The molecular formula is C23H21F3N6O2. The minimum atomic E-state index is -4.53. The lowest BCUT2D eigenvalue weighted by Crippen LogP contribution is -2.36. The van der Waals surface area contributed by atoms with E-state index < -0.39 is 24.2 Å². The number of anilines is 1. The summed E-state index contributed by atoms with van der Waals surface area (Å²) in [6, 6.07) is 9.94. The van der Waals surface area contributed by atoms with Crippen LogP contribution < -0.4 is 5.32 Å². The van der Waals surface area contributed by atoms with E-state index in [4.69, 9.17) is 4.42 Å². The molecule has 176 valence electrons. The molecule has 2 atom stereocenters. The minimum Gasteiger partial charge on any atom is -0.467 e. The predicted octanol–water partition coefficient (Wildman–Crippen LogP) is 4.59. The second-order valence-corrected chi connectivity index (χ2v) is 8.14. The van der Waals surface area contributed by atoms with Gasteiger partial charge in [-0.05, 0) is 35.9 Å². The number of nitrogens with zero attached hydrogens (tertiary/aromatic N) is 5. The Labute approximate surface area is 192 Å². The Hall–Kier alpha value is -4.02. The molecule has 0 saturated heterocycles. The zero-order valence-corrected chi connectivity index (χ0v) is 18.1. The molecule has 0 fully saturated rings. The van der Waals surface area contributed by atoms with Crippen molar-refractivity contribution in [3.05, 3.63) is 84.2 Å². The van der Waals surface area contributed by atoms with Gasteiger partial charge in [-0.1, -0.05) is 12.1 Å². The summed E-state index contributed by atoms with van der Waals surface area (Å²) < 4.78 is 49.3. The van der Waals surface area contributed by atoms with Crippen molar-refractivity contribution in [3.63, 3.8) is 0 Å². The van der Waals surface area contributed by atoms with Crippen LogP contribution >= 0.6 is 0 Å². The molecule has 1 aromatic carbocycles. The molecule has 0 unspecified atom stereocenters. The van der Waals surface area contributed by atoms with Gasteiger partial charge in [0, 0.05) is 32.4 Å². The van der Waals surface area contributed by atoms with Crippen LogP contribution in [-0.4, -0.2) is 43.6 Å². The van der Waals surface area contributed by atoms with Crippen molar-refractivity contribution in [1.29, 1.82) is 0 Å². The molecule has 1 aliphatic heterocycles. The highest BCUT2D eigenvalue weighted by molar-refractivity contribution is 5.98. The topological polar surface area (TPSA) is 81.1 Å². The number of rotatable bonds is 5. The van der Waals surface area contributed by atoms with E-state index in [2.05, 4.69) is 15.5 Å². The van der Waals surface area contributed by atoms with Gasteiger partial charge in [-0.3, -0.25) is 4.79 Å². The van der Waals surface area contributed by atoms with Crippen LogP contribution in [0.1, 0.15) is 40.2 Å². The van der Waals surface area contributed by atoms with Gasteiger partial charge in [0.2, 0.25) is 0 Å². The number of carbonyl (C=O) groups excluding carboxylic acids is 1. The van der Waals surface area contributed by atoms with Gasteiger partial charge < -0.3 is 14.6 Å². The summed E-state index contributed by atoms with van der Waals surface area (Å²) in [6.45, 7) is 0.271. The van der Waals surface area contributed by atoms with Gasteiger partial charge in [-0.15, -0.1) is 0 Å². The van der Waals surface area contributed by atoms with Crippen LogP contribution in [0.5, 0.6) is 0 Å². The van der Waals surface area contributed by atoms with E-state index in [9.17, 15) is 18.0 Å². The highest BCUT2D eigenvalue weighted by atomic mass is 19.4. The van der Waals surface area contributed by atoms with Crippen LogP contribution in [-0.2, 0) is 6.54 Å². The molecule has 1 N–H and O–H groups in total. The predicted molar refractivity (Wildman–Crippen MR) is 116 cm³/mol. The standard InChI is InChI=1S/C23H21F3N6O2/c1-30(14-15-5-7-16(8-6-15)31-10-3-9-27-31)22(33)17-13-28-32-20(23(24,25)26)12-18(29-21(17)32)19-4-2-11-34-19/h2-11,13,18,20,29H,12,14H2,1H3/t18-,20-/m0/s1. The van der Waals surface area contributed by atoms with Crippen LogP contribution in [0.15, 0.2) is 71.7 Å². The number of hydrogen-bond donors (Lipinski definition) is 1. The van der Waals surface area contributed by atoms with Gasteiger partial charge in [-0.25, -0.2) is 9.36 Å². The number of benzene rings is 1. The number of fused-ring (bicyclic) bond motifs is 1. The van der Waals surface area contributed by atoms with E-state index in [-0.39, 0.29) is 24.3 Å². The van der Waals surface area contributed by atoms with Crippen molar-refractivity contribution in [2.45, 2.75) is 31.2 Å². The molecule has 0 radical (unpaired) electrons. The fourth-order valence-corrected chi connectivity index (χ4v) is 4.12. The van der Waals surface area contributed by atoms with Crippen molar-refractivity contribution in [2.75, 3.05) is 12.4 Å². The molecule has 1 amide bonds. The molecule has 0 aliphatic carbocycles. The highest BCUT2D eigenvalue weighted by Crippen LogP contribution is 2.44. The average molecular weight is 470 g/mol. The van der Waals surface area contributed by atoms with E-state index in [1.807, 2.05) is 36.5 Å². The van der Waals surface area contributed by atoms with Gasteiger partial charge in [0.15, 0.2) is 6.04 Å². The Bertz CT molecular complexity index is 1260. The zero-order valence-electron chi connectivity index (χ0n) is 18.1. The summed E-state index contributed by atoms with van der Waals surface area (Å²) in [5, 5.41) is 11.1. The van der Waals surface area contributed by atoms with Gasteiger partial charge >= 0.3 is 6.18 Å². The summed E-state index contributed by atoms with van der Waals surface area (Å²) in [5.41, 5.74) is 1.81. The highest BCUT2D eigenvalue weighted by Gasteiger charge is 2.47. The van der Waals surface area contributed by atoms with Crippen LogP contribution in [0.25, 0.3) is 5.69 Å². The Kier molecular flexibility index (Phi) is 5.39. The first-order valence-corrected chi connectivity index (χ1v) is 10.6. The normalized spacial score (nSPS) is 17.8. The number of furan rings is 1. The van der Waals surface area contributed by atoms with Crippen molar-refractivity contribution < 1.29 is 22.4 Å². The number of alkyl halides is 3. The van der Waals surface area contributed by atoms with E-state index >= 15 is 0 Å². The van der Waals surface area contributed by atoms with Crippen molar-refractivity contribution in [1.82, 2.24) is 24.5 Å². The van der Waals surface area contributed by atoms with E-state index in [1.54, 1.807) is 30.1 Å². The first kappa shape index (κ1) is 21.8. The summed E-state index contributed by atoms with van der Waals surface area (Å²) in [5.74, 6) is -0.0440. The molecular weight excluding hydrogens is 449 g/mol. The molecule has 0 bridgehead atoms.